The Morgan fingerprint density at radius 3 is 2.62 bits per heavy atom. The Morgan fingerprint density at radius 1 is 1.23 bits per heavy atom. The molecule has 66 valence electrons. The van der Waals surface area contributed by atoms with Crippen molar-refractivity contribution in [3.63, 3.8) is 0 Å². The van der Waals surface area contributed by atoms with Crippen LogP contribution in [-0.2, 0) is 6.61 Å². The molecule has 2 aromatic rings. The second kappa shape index (κ2) is 3.55. The molecule has 0 amide bonds. The van der Waals surface area contributed by atoms with Crippen LogP contribution in [0.15, 0.2) is 18.5 Å². The van der Waals surface area contributed by atoms with Crippen LogP contribution in [0.2, 0.25) is 0 Å². The highest BCUT2D eigenvalue weighted by molar-refractivity contribution is 7.14. The summed E-state index contributed by atoms with van der Waals surface area (Å²) in [5, 5.41) is 17.6. The van der Waals surface area contributed by atoms with Gasteiger partial charge in [0, 0.05) is 12.4 Å². The van der Waals surface area contributed by atoms with Crippen LogP contribution in [0.4, 0.5) is 0 Å². The molecule has 0 saturated heterocycles. The predicted octanol–water partition coefficient (Wildman–Crippen LogP) is 0.487. The molecule has 0 aliphatic rings. The fraction of sp³-hybridized carbons (Fsp3) is 0.143. The zero-order chi connectivity index (χ0) is 9.10. The zero-order valence-corrected chi connectivity index (χ0v) is 7.40. The average Bonchev–Trinajstić information content (AvgIpc) is 2.67. The summed E-state index contributed by atoms with van der Waals surface area (Å²) in [4.78, 5) is 8.02. The van der Waals surface area contributed by atoms with Crippen LogP contribution in [-0.4, -0.2) is 25.3 Å². The fourth-order valence-electron chi connectivity index (χ4n) is 0.817. The van der Waals surface area contributed by atoms with Gasteiger partial charge in [0.1, 0.15) is 5.01 Å². The Bertz CT molecular complexity index is 388. The first-order valence-electron chi connectivity index (χ1n) is 3.61. The van der Waals surface area contributed by atoms with E-state index in [1.54, 1.807) is 18.5 Å². The van der Waals surface area contributed by atoms with E-state index in [1.165, 1.54) is 11.3 Å². The van der Waals surface area contributed by atoms with Gasteiger partial charge in [-0.05, 0) is 6.07 Å². The maximum Gasteiger partial charge on any atom is 0.190 e. The molecule has 6 heteroatoms. The highest BCUT2D eigenvalue weighted by Gasteiger charge is 2.06. The van der Waals surface area contributed by atoms with E-state index in [0.29, 0.717) is 15.8 Å². The maximum absolute atomic E-state index is 8.76. The van der Waals surface area contributed by atoms with Gasteiger partial charge in [0.25, 0.3) is 0 Å². The summed E-state index contributed by atoms with van der Waals surface area (Å²) in [6, 6.07) is 1.73. The molecule has 2 rings (SSSR count). The predicted molar refractivity (Wildman–Crippen MR) is 46.9 cm³/mol. The smallest absolute Gasteiger partial charge is 0.190 e. The van der Waals surface area contributed by atoms with Gasteiger partial charge in [0.2, 0.25) is 0 Å². The number of aromatic nitrogens is 4. The summed E-state index contributed by atoms with van der Waals surface area (Å²) in [6.07, 6.45) is 3.28. The minimum atomic E-state index is -0.0928. The van der Waals surface area contributed by atoms with Crippen molar-refractivity contribution in [2.24, 2.45) is 0 Å². The van der Waals surface area contributed by atoms with Gasteiger partial charge in [-0.1, -0.05) is 11.3 Å². The van der Waals surface area contributed by atoms with E-state index in [2.05, 4.69) is 20.2 Å². The van der Waals surface area contributed by atoms with E-state index in [9.17, 15) is 0 Å². The van der Waals surface area contributed by atoms with Crippen molar-refractivity contribution in [3.8, 4) is 10.8 Å². The number of hydrogen-bond donors (Lipinski definition) is 1. The molecule has 0 spiro atoms. The Kier molecular flexibility index (Phi) is 2.24. The quantitative estimate of drug-likeness (QED) is 0.753. The lowest BCUT2D eigenvalue weighted by atomic mass is 10.6. The number of aliphatic hydroxyl groups is 1. The number of aliphatic hydroxyl groups excluding tert-OH is 1. The number of nitrogens with zero attached hydrogens (tertiary/aromatic N) is 4. The molecule has 13 heavy (non-hydrogen) atoms. The molecule has 2 heterocycles. The minimum Gasteiger partial charge on any atom is -0.389 e. The van der Waals surface area contributed by atoms with Crippen LogP contribution in [0.5, 0.6) is 0 Å². The topological polar surface area (TPSA) is 71.8 Å². The van der Waals surface area contributed by atoms with E-state index in [1.807, 2.05) is 0 Å². The molecule has 0 atom stereocenters. The van der Waals surface area contributed by atoms with Crippen molar-refractivity contribution >= 4 is 11.3 Å². The molecular weight excluding hydrogens is 188 g/mol. The van der Waals surface area contributed by atoms with Gasteiger partial charge in [0.15, 0.2) is 10.8 Å². The van der Waals surface area contributed by atoms with E-state index in [4.69, 9.17) is 5.11 Å². The van der Waals surface area contributed by atoms with Crippen molar-refractivity contribution in [1.82, 2.24) is 20.2 Å². The summed E-state index contributed by atoms with van der Waals surface area (Å²) < 4.78 is 0. The third-order valence-electron chi connectivity index (χ3n) is 1.36. The summed E-state index contributed by atoms with van der Waals surface area (Å²) in [7, 11) is 0. The van der Waals surface area contributed by atoms with E-state index in [-0.39, 0.29) is 6.61 Å². The Hall–Kier alpha value is -1.40. The SMILES string of the molecule is OCc1nnc(-c2ncccn2)s1. The first kappa shape index (κ1) is 8.21. The van der Waals surface area contributed by atoms with Gasteiger partial charge < -0.3 is 5.11 Å². The van der Waals surface area contributed by atoms with Crippen molar-refractivity contribution in [3.05, 3.63) is 23.5 Å². The molecule has 0 aromatic carbocycles. The molecule has 0 radical (unpaired) electrons. The van der Waals surface area contributed by atoms with Gasteiger partial charge in [-0.25, -0.2) is 9.97 Å². The Morgan fingerprint density at radius 2 is 2.00 bits per heavy atom. The fourth-order valence-corrected chi connectivity index (χ4v) is 1.47. The molecule has 5 nitrogen and oxygen atoms in total. The molecule has 2 aromatic heterocycles. The second-order valence-electron chi connectivity index (χ2n) is 2.23. The molecule has 1 N–H and O–H groups in total. The van der Waals surface area contributed by atoms with E-state index in [0.717, 1.165) is 0 Å². The van der Waals surface area contributed by atoms with Crippen LogP contribution >= 0.6 is 11.3 Å². The number of hydrogen-bond acceptors (Lipinski definition) is 6. The largest absolute Gasteiger partial charge is 0.389 e. The minimum absolute atomic E-state index is 0.0928. The summed E-state index contributed by atoms with van der Waals surface area (Å²) in [6.45, 7) is -0.0928. The second-order valence-corrected chi connectivity index (χ2v) is 3.29. The Labute approximate surface area is 78.1 Å². The lowest BCUT2D eigenvalue weighted by Crippen LogP contribution is -1.85. The summed E-state index contributed by atoms with van der Waals surface area (Å²) in [5.41, 5.74) is 0. The average molecular weight is 194 g/mol. The lowest BCUT2D eigenvalue weighted by molar-refractivity contribution is 0.280. The molecule has 0 bridgehead atoms. The monoisotopic (exact) mass is 194 g/mol. The molecule has 0 aliphatic carbocycles. The first-order chi connectivity index (χ1) is 6.40. The molecule has 0 unspecified atom stereocenters. The normalized spacial score (nSPS) is 10.2. The zero-order valence-electron chi connectivity index (χ0n) is 6.58. The van der Waals surface area contributed by atoms with Gasteiger partial charge in [-0.3, -0.25) is 0 Å². The first-order valence-corrected chi connectivity index (χ1v) is 4.42. The van der Waals surface area contributed by atoms with Crippen molar-refractivity contribution < 1.29 is 5.11 Å². The highest BCUT2D eigenvalue weighted by atomic mass is 32.1. The van der Waals surface area contributed by atoms with Crippen molar-refractivity contribution in [2.45, 2.75) is 6.61 Å². The molecule has 0 saturated carbocycles. The van der Waals surface area contributed by atoms with Gasteiger partial charge >= 0.3 is 0 Å². The van der Waals surface area contributed by atoms with Gasteiger partial charge in [-0.2, -0.15) is 0 Å². The molecule has 0 aliphatic heterocycles. The number of rotatable bonds is 2. The van der Waals surface area contributed by atoms with Crippen LogP contribution in [0.25, 0.3) is 10.8 Å². The summed E-state index contributed by atoms with van der Waals surface area (Å²) >= 11 is 1.29. The highest BCUT2D eigenvalue weighted by Crippen LogP contribution is 2.18. The van der Waals surface area contributed by atoms with E-state index < -0.39 is 0 Å². The Balaban J connectivity index is 2.36. The standard InChI is InChI=1S/C7H6N4OS/c12-4-5-10-11-7(13-5)6-8-2-1-3-9-6/h1-3,12H,4H2. The van der Waals surface area contributed by atoms with Crippen LogP contribution in [0, 0.1) is 0 Å². The van der Waals surface area contributed by atoms with E-state index >= 15 is 0 Å². The summed E-state index contributed by atoms with van der Waals surface area (Å²) in [5.74, 6) is 0.541. The van der Waals surface area contributed by atoms with Crippen molar-refractivity contribution in [1.29, 1.82) is 0 Å². The third-order valence-corrected chi connectivity index (χ3v) is 2.26. The van der Waals surface area contributed by atoms with Crippen LogP contribution in [0.1, 0.15) is 5.01 Å². The van der Waals surface area contributed by atoms with Crippen LogP contribution in [0.3, 0.4) is 0 Å². The third kappa shape index (κ3) is 1.68. The van der Waals surface area contributed by atoms with Crippen LogP contribution < -0.4 is 0 Å². The maximum atomic E-state index is 8.76. The van der Waals surface area contributed by atoms with Gasteiger partial charge in [-0.15, -0.1) is 10.2 Å². The lowest BCUT2D eigenvalue weighted by Gasteiger charge is -1.88. The molecule has 0 fully saturated rings. The van der Waals surface area contributed by atoms with Crippen molar-refractivity contribution in [2.75, 3.05) is 0 Å². The van der Waals surface area contributed by atoms with Gasteiger partial charge in [0.05, 0.1) is 6.61 Å². The molecular formula is C7H6N4OS.